The lowest BCUT2D eigenvalue weighted by atomic mass is 10.1. The van der Waals surface area contributed by atoms with E-state index < -0.39 is 22.9 Å². The van der Waals surface area contributed by atoms with E-state index in [2.05, 4.69) is 15.3 Å². The summed E-state index contributed by atoms with van der Waals surface area (Å²) in [5.74, 6) is -1.07. The van der Waals surface area contributed by atoms with E-state index in [1.165, 1.54) is 41.7 Å². The highest BCUT2D eigenvalue weighted by Crippen LogP contribution is 2.27. The third-order valence-electron chi connectivity index (χ3n) is 3.76. The molecule has 1 unspecified atom stereocenters. The number of nitrogens with one attached hydrogen (secondary N) is 1. The quantitative estimate of drug-likeness (QED) is 0.343. The Hall–Kier alpha value is -3.18. The minimum atomic E-state index is -1.01. The highest BCUT2D eigenvalue weighted by atomic mass is 32.1. The van der Waals surface area contributed by atoms with Crippen molar-refractivity contribution < 1.29 is 19.2 Å². The van der Waals surface area contributed by atoms with Gasteiger partial charge in [0.05, 0.1) is 27.7 Å². The van der Waals surface area contributed by atoms with Crippen LogP contribution >= 0.6 is 22.7 Å². The maximum Gasteiger partial charge on any atom is 0.312 e. The van der Waals surface area contributed by atoms with Gasteiger partial charge in [0.15, 0.2) is 11.2 Å². The van der Waals surface area contributed by atoms with Gasteiger partial charge < -0.3 is 4.74 Å². The Morgan fingerprint density at radius 1 is 1.28 bits per heavy atom. The van der Waals surface area contributed by atoms with Crippen LogP contribution in [0.1, 0.15) is 17.6 Å². The molecule has 2 aromatic heterocycles. The number of nitrogens with zero attached hydrogens (tertiary/aromatic N) is 3. The van der Waals surface area contributed by atoms with Gasteiger partial charge in [-0.25, -0.2) is 9.97 Å². The predicted molar refractivity (Wildman–Crippen MR) is 109 cm³/mol. The normalized spacial score (nSPS) is 11.7. The first-order valence-electron chi connectivity index (χ1n) is 8.43. The number of anilines is 1. The van der Waals surface area contributed by atoms with Crippen molar-refractivity contribution in [3.63, 3.8) is 0 Å². The molecule has 0 bridgehead atoms. The smallest absolute Gasteiger partial charge is 0.312 e. The van der Waals surface area contributed by atoms with Crippen LogP contribution in [0.5, 0.6) is 0 Å². The molecule has 11 heteroatoms. The van der Waals surface area contributed by atoms with Gasteiger partial charge in [0.2, 0.25) is 0 Å². The lowest BCUT2D eigenvalue weighted by molar-refractivity contribution is -0.384. The molecule has 0 radical (unpaired) electrons. The van der Waals surface area contributed by atoms with Crippen LogP contribution in [0.25, 0.3) is 11.3 Å². The van der Waals surface area contributed by atoms with E-state index in [1.54, 1.807) is 22.9 Å². The molecule has 150 valence electrons. The number of nitro benzene ring substituents is 1. The van der Waals surface area contributed by atoms with Crippen LogP contribution in [0.15, 0.2) is 35.0 Å². The van der Waals surface area contributed by atoms with Crippen molar-refractivity contribution in [2.24, 2.45) is 0 Å². The Morgan fingerprint density at radius 3 is 2.76 bits per heavy atom. The first-order valence-corrected chi connectivity index (χ1v) is 10.2. The molecule has 1 amide bonds. The number of carbonyl (C=O) groups excluding carboxylic acids is 2. The average Bonchev–Trinajstić information content (AvgIpc) is 3.30. The number of hydrogen-bond donors (Lipinski definition) is 1. The molecule has 0 aliphatic rings. The van der Waals surface area contributed by atoms with Crippen LogP contribution in [0.4, 0.5) is 10.8 Å². The second-order valence-corrected chi connectivity index (χ2v) is 7.92. The summed E-state index contributed by atoms with van der Waals surface area (Å²) in [6.07, 6.45) is -1.01. The number of hydrogen-bond acceptors (Lipinski definition) is 9. The summed E-state index contributed by atoms with van der Waals surface area (Å²) in [5.41, 5.74) is 1.62. The topological polar surface area (TPSA) is 124 Å². The number of aryl methyl sites for hydroxylation is 1. The number of nitro groups is 1. The van der Waals surface area contributed by atoms with Gasteiger partial charge in [-0.15, -0.1) is 22.7 Å². The Morgan fingerprint density at radius 2 is 2.07 bits per heavy atom. The molecule has 0 spiro atoms. The number of carbonyl (C=O) groups is 2. The highest BCUT2D eigenvalue weighted by molar-refractivity contribution is 7.14. The first kappa shape index (κ1) is 20.6. The summed E-state index contributed by atoms with van der Waals surface area (Å²) in [4.78, 5) is 43.1. The van der Waals surface area contributed by atoms with Gasteiger partial charge in [-0.3, -0.25) is 25.0 Å². The number of benzene rings is 1. The van der Waals surface area contributed by atoms with Gasteiger partial charge in [-0.2, -0.15) is 0 Å². The average molecular weight is 432 g/mol. The van der Waals surface area contributed by atoms with E-state index in [1.807, 2.05) is 6.92 Å². The van der Waals surface area contributed by atoms with Gasteiger partial charge in [0, 0.05) is 28.5 Å². The van der Waals surface area contributed by atoms with E-state index in [-0.39, 0.29) is 12.1 Å². The zero-order valence-electron chi connectivity index (χ0n) is 15.4. The van der Waals surface area contributed by atoms with E-state index in [9.17, 15) is 19.7 Å². The first-order chi connectivity index (χ1) is 13.8. The fourth-order valence-corrected chi connectivity index (χ4v) is 3.71. The number of non-ortho nitro benzene ring substituents is 1. The Bertz CT molecular complexity index is 1060. The zero-order valence-corrected chi connectivity index (χ0v) is 17.1. The summed E-state index contributed by atoms with van der Waals surface area (Å²) in [6.45, 7) is 3.31. The Kier molecular flexibility index (Phi) is 6.29. The van der Waals surface area contributed by atoms with Crippen molar-refractivity contribution in [2.75, 3.05) is 5.32 Å². The van der Waals surface area contributed by atoms with E-state index in [0.29, 0.717) is 22.1 Å². The van der Waals surface area contributed by atoms with Gasteiger partial charge in [0.1, 0.15) is 0 Å². The van der Waals surface area contributed by atoms with Crippen LogP contribution in [0, 0.1) is 17.0 Å². The maximum atomic E-state index is 12.3. The van der Waals surface area contributed by atoms with Gasteiger partial charge in [0.25, 0.3) is 11.6 Å². The Labute approximate surface area is 173 Å². The molecule has 3 aromatic rings. The molecule has 0 saturated heterocycles. The second kappa shape index (κ2) is 8.88. The molecular formula is C18H16N4O5S2. The summed E-state index contributed by atoms with van der Waals surface area (Å²) in [6, 6.07) is 6.06. The molecule has 0 aliphatic heterocycles. The van der Waals surface area contributed by atoms with Gasteiger partial charge in [-0.1, -0.05) is 12.1 Å². The lowest BCUT2D eigenvalue weighted by Gasteiger charge is -2.11. The number of esters is 1. The third kappa shape index (κ3) is 5.42. The minimum Gasteiger partial charge on any atom is -0.452 e. The van der Waals surface area contributed by atoms with Crippen molar-refractivity contribution in [3.8, 4) is 11.3 Å². The maximum absolute atomic E-state index is 12.3. The second-order valence-electron chi connectivity index (χ2n) is 6.00. The summed E-state index contributed by atoms with van der Waals surface area (Å²) in [7, 11) is 0. The number of amides is 1. The SMILES string of the molecule is Cc1nc(CC(=O)OC(C)C(=O)Nc2nc(-c3cccc([N+](=O)[O-])c3)cs2)cs1. The fourth-order valence-electron chi connectivity index (χ4n) is 2.38. The number of ether oxygens (including phenoxy) is 1. The van der Waals surface area contributed by atoms with Crippen LogP contribution in [-0.2, 0) is 20.7 Å². The molecule has 0 saturated carbocycles. The molecular weight excluding hydrogens is 416 g/mol. The summed E-state index contributed by atoms with van der Waals surface area (Å²) < 4.78 is 5.15. The van der Waals surface area contributed by atoms with Crippen LogP contribution in [-0.4, -0.2) is 32.9 Å². The molecule has 1 aromatic carbocycles. The fraction of sp³-hybridized carbons (Fsp3) is 0.222. The standard InChI is InChI=1S/C18H16N4O5S2/c1-10(27-16(23)7-13-8-28-11(2)19-13)17(24)21-18-20-15(9-29-18)12-4-3-5-14(6-12)22(25)26/h3-6,8-10H,7H2,1-2H3,(H,20,21,24). The molecule has 2 heterocycles. The molecule has 3 rings (SSSR count). The third-order valence-corrected chi connectivity index (χ3v) is 5.34. The van der Waals surface area contributed by atoms with E-state index >= 15 is 0 Å². The number of thiazole rings is 2. The lowest BCUT2D eigenvalue weighted by Crippen LogP contribution is -2.30. The highest BCUT2D eigenvalue weighted by Gasteiger charge is 2.20. The van der Waals surface area contributed by atoms with Crippen molar-refractivity contribution in [1.82, 2.24) is 9.97 Å². The predicted octanol–water partition coefficient (Wildman–Crippen LogP) is 3.60. The Balaban J connectivity index is 1.58. The van der Waals surface area contributed by atoms with Crippen LogP contribution in [0.2, 0.25) is 0 Å². The van der Waals surface area contributed by atoms with Crippen LogP contribution < -0.4 is 5.32 Å². The minimum absolute atomic E-state index is 0.00382. The van der Waals surface area contributed by atoms with Crippen molar-refractivity contribution in [3.05, 3.63) is 55.8 Å². The summed E-state index contributed by atoms with van der Waals surface area (Å²) in [5, 5.41) is 18.1. The molecule has 1 N–H and O–H groups in total. The zero-order chi connectivity index (χ0) is 21.0. The summed E-state index contributed by atoms with van der Waals surface area (Å²) >= 11 is 2.60. The van der Waals surface area contributed by atoms with Gasteiger partial charge >= 0.3 is 5.97 Å². The largest absolute Gasteiger partial charge is 0.452 e. The monoisotopic (exact) mass is 432 g/mol. The van der Waals surface area contributed by atoms with Crippen molar-refractivity contribution in [2.45, 2.75) is 26.4 Å². The van der Waals surface area contributed by atoms with Crippen molar-refractivity contribution >= 4 is 45.4 Å². The molecule has 0 fully saturated rings. The molecule has 9 nitrogen and oxygen atoms in total. The number of rotatable bonds is 7. The van der Waals surface area contributed by atoms with Crippen molar-refractivity contribution in [1.29, 1.82) is 0 Å². The van der Waals surface area contributed by atoms with E-state index in [0.717, 1.165) is 5.01 Å². The molecule has 0 aliphatic carbocycles. The van der Waals surface area contributed by atoms with Gasteiger partial charge in [-0.05, 0) is 13.8 Å². The van der Waals surface area contributed by atoms with E-state index in [4.69, 9.17) is 4.74 Å². The number of aromatic nitrogens is 2. The molecule has 1 atom stereocenters. The van der Waals surface area contributed by atoms with Crippen LogP contribution in [0.3, 0.4) is 0 Å². The molecule has 29 heavy (non-hydrogen) atoms.